The highest BCUT2D eigenvalue weighted by Crippen LogP contribution is 2.38. The van der Waals surface area contributed by atoms with Crippen LogP contribution in [0.4, 0.5) is 0 Å². The quantitative estimate of drug-likeness (QED) is 0.0279. The van der Waals surface area contributed by atoms with Crippen LogP contribution in [0.25, 0.3) is 0 Å². The lowest BCUT2D eigenvalue weighted by molar-refractivity contribution is -0.870. The van der Waals surface area contributed by atoms with E-state index in [9.17, 15) is 19.4 Å². The van der Waals surface area contributed by atoms with Crippen molar-refractivity contribution in [3.63, 3.8) is 0 Å². The van der Waals surface area contributed by atoms with Crippen molar-refractivity contribution in [2.75, 3.05) is 40.9 Å². The fourth-order valence-electron chi connectivity index (χ4n) is 6.45. The number of likely N-dealkylation sites (N-methyl/N-ethyl adjacent to an activating group) is 1. The second-order valence-electron chi connectivity index (χ2n) is 16.4. The van der Waals surface area contributed by atoms with Gasteiger partial charge in [0, 0.05) is 6.42 Å². The summed E-state index contributed by atoms with van der Waals surface area (Å²) in [7, 11) is 1.30. The van der Waals surface area contributed by atoms with E-state index in [0.717, 1.165) is 51.4 Å². The monoisotopic (exact) mass is 759 g/mol. The number of aliphatic hydroxyl groups excluding tert-OH is 1. The van der Waals surface area contributed by atoms with Crippen LogP contribution >= 0.6 is 7.82 Å². The highest BCUT2D eigenvalue weighted by molar-refractivity contribution is 7.45. The first-order valence-corrected chi connectivity index (χ1v) is 23.5. The number of hydrogen-bond acceptors (Lipinski definition) is 6. The second kappa shape index (κ2) is 35.9. The largest absolute Gasteiger partial charge is 0.756 e. The van der Waals surface area contributed by atoms with Gasteiger partial charge in [0.1, 0.15) is 13.2 Å². The summed E-state index contributed by atoms with van der Waals surface area (Å²) < 4.78 is 23.2. The summed E-state index contributed by atoms with van der Waals surface area (Å²) in [5, 5.41) is 13.9. The molecule has 9 heteroatoms. The molecule has 0 aromatic carbocycles. The second-order valence-corrected chi connectivity index (χ2v) is 17.8. The maximum Gasteiger partial charge on any atom is 0.268 e. The van der Waals surface area contributed by atoms with E-state index in [0.29, 0.717) is 23.9 Å². The molecule has 0 rings (SSSR count). The van der Waals surface area contributed by atoms with Gasteiger partial charge in [-0.05, 0) is 38.5 Å². The Balaban J connectivity index is 4.34. The van der Waals surface area contributed by atoms with Gasteiger partial charge in [0.2, 0.25) is 5.91 Å². The molecule has 0 bridgehead atoms. The molecule has 310 valence electrons. The van der Waals surface area contributed by atoms with Crippen LogP contribution in [0.2, 0.25) is 0 Å². The smallest absolute Gasteiger partial charge is 0.268 e. The number of amides is 1. The summed E-state index contributed by atoms with van der Waals surface area (Å²) >= 11 is 0. The number of aliphatic hydroxyl groups is 1. The molecular weight excluding hydrogens is 671 g/mol. The summed E-state index contributed by atoms with van der Waals surface area (Å²) in [5.41, 5.74) is 0. The number of allylic oxidation sites excluding steroid dienone is 2. The molecule has 2 N–H and O–H groups in total. The number of carbonyl (C=O) groups excluding carboxylic acids is 1. The Kier molecular flexibility index (Phi) is 35.4. The molecule has 0 aromatic rings. The summed E-state index contributed by atoms with van der Waals surface area (Å²) in [6.45, 7) is 4.69. The van der Waals surface area contributed by atoms with Crippen molar-refractivity contribution in [2.24, 2.45) is 0 Å². The molecule has 0 aliphatic carbocycles. The topological polar surface area (TPSA) is 108 Å². The van der Waals surface area contributed by atoms with Gasteiger partial charge in [0.05, 0.1) is 39.9 Å². The summed E-state index contributed by atoms with van der Waals surface area (Å²) in [4.78, 5) is 25.3. The van der Waals surface area contributed by atoms with Crippen molar-refractivity contribution < 1.29 is 32.9 Å². The standard InChI is InChI=1S/C43H87N2O6P/c1-6-8-10-12-14-16-18-20-21-22-23-24-25-26-28-30-32-34-36-42(46)41(40-51-52(48,49)50-39-38-45(3,4)5)44-43(47)37-35-33-31-29-27-19-17-15-13-11-9-7-2/h15,17,41-42,46H,6-14,16,18-40H2,1-5H3,(H-,44,47,48,49)/b17-15-. The molecule has 0 aliphatic heterocycles. The van der Waals surface area contributed by atoms with Crippen molar-refractivity contribution in [3.8, 4) is 0 Å². The molecule has 0 radical (unpaired) electrons. The number of rotatable bonds is 40. The van der Waals surface area contributed by atoms with Gasteiger partial charge < -0.3 is 28.8 Å². The average Bonchev–Trinajstić information content (AvgIpc) is 3.09. The highest BCUT2D eigenvalue weighted by Gasteiger charge is 2.24. The normalized spacial score (nSPS) is 14.5. The summed E-state index contributed by atoms with van der Waals surface area (Å²) in [6.07, 6.45) is 39.2. The first-order valence-electron chi connectivity index (χ1n) is 22.0. The van der Waals surface area contributed by atoms with Crippen LogP contribution in [0.5, 0.6) is 0 Å². The van der Waals surface area contributed by atoms with Crippen molar-refractivity contribution >= 4 is 13.7 Å². The Hall–Kier alpha value is -0.760. The van der Waals surface area contributed by atoms with Crippen molar-refractivity contribution in [3.05, 3.63) is 12.2 Å². The van der Waals surface area contributed by atoms with Crippen LogP contribution in [0.3, 0.4) is 0 Å². The summed E-state index contributed by atoms with van der Waals surface area (Å²) in [6, 6.07) is -0.799. The molecule has 0 aromatic heterocycles. The Labute approximate surface area is 322 Å². The lowest BCUT2D eigenvalue weighted by Crippen LogP contribution is -2.46. The van der Waals surface area contributed by atoms with Gasteiger partial charge in [-0.1, -0.05) is 174 Å². The van der Waals surface area contributed by atoms with Crippen LogP contribution in [0, 0.1) is 0 Å². The third-order valence-corrected chi connectivity index (χ3v) is 11.0. The summed E-state index contributed by atoms with van der Waals surface area (Å²) in [5.74, 6) is -0.174. The van der Waals surface area contributed by atoms with E-state index < -0.39 is 20.0 Å². The van der Waals surface area contributed by atoms with E-state index in [1.54, 1.807) is 0 Å². The van der Waals surface area contributed by atoms with Crippen LogP contribution in [0.15, 0.2) is 12.2 Å². The Bertz CT molecular complexity index is 865. The van der Waals surface area contributed by atoms with Gasteiger partial charge in [-0.3, -0.25) is 9.36 Å². The van der Waals surface area contributed by atoms with Gasteiger partial charge in [-0.25, -0.2) is 0 Å². The number of nitrogens with zero attached hydrogens (tertiary/aromatic N) is 1. The molecule has 0 heterocycles. The zero-order valence-corrected chi connectivity index (χ0v) is 35.9. The van der Waals surface area contributed by atoms with E-state index >= 15 is 0 Å². The van der Waals surface area contributed by atoms with Crippen LogP contribution in [-0.2, 0) is 18.4 Å². The van der Waals surface area contributed by atoms with E-state index in [2.05, 4.69) is 31.3 Å². The maximum atomic E-state index is 12.8. The third-order valence-electron chi connectivity index (χ3n) is 10.0. The Morgan fingerprint density at radius 2 is 1.06 bits per heavy atom. The zero-order chi connectivity index (χ0) is 38.6. The minimum Gasteiger partial charge on any atom is -0.756 e. The Morgan fingerprint density at radius 1 is 0.654 bits per heavy atom. The van der Waals surface area contributed by atoms with Crippen molar-refractivity contribution in [1.82, 2.24) is 5.32 Å². The number of nitrogens with one attached hydrogen (secondary N) is 1. The Morgan fingerprint density at radius 3 is 1.54 bits per heavy atom. The fourth-order valence-corrected chi connectivity index (χ4v) is 7.17. The average molecular weight is 759 g/mol. The molecule has 1 amide bonds. The number of hydrogen-bond donors (Lipinski definition) is 2. The molecule has 0 saturated carbocycles. The number of phosphoric acid groups is 1. The fraction of sp³-hybridized carbons (Fsp3) is 0.930. The van der Waals surface area contributed by atoms with E-state index in [4.69, 9.17) is 9.05 Å². The van der Waals surface area contributed by atoms with Gasteiger partial charge in [0.25, 0.3) is 7.82 Å². The van der Waals surface area contributed by atoms with Crippen LogP contribution in [-0.4, -0.2) is 68.5 Å². The molecule has 0 spiro atoms. The van der Waals surface area contributed by atoms with Gasteiger partial charge in [0.15, 0.2) is 0 Å². The number of carbonyl (C=O) groups is 1. The first-order chi connectivity index (χ1) is 25.0. The predicted molar refractivity (Wildman–Crippen MR) is 219 cm³/mol. The third kappa shape index (κ3) is 37.6. The zero-order valence-electron chi connectivity index (χ0n) is 35.0. The molecule has 8 nitrogen and oxygen atoms in total. The maximum absolute atomic E-state index is 12.8. The lowest BCUT2D eigenvalue weighted by Gasteiger charge is -2.30. The number of quaternary nitrogens is 1. The number of phosphoric ester groups is 1. The minimum atomic E-state index is -4.56. The van der Waals surface area contributed by atoms with Crippen LogP contribution < -0.4 is 10.2 Å². The van der Waals surface area contributed by atoms with E-state index in [1.165, 1.54) is 128 Å². The molecule has 0 saturated heterocycles. The van der Waals surface area contributed by atoms with Crippen molar-refractivity contribution in [2.45, 2.75) is 219 Å². The van der Waals surface area contributed by atoms with Gasteiger partial charge in [-0.2, -0.15) is 0 Å². The molecule has 3 unspecified atom stereocenters. The predicted octanol–water partition coefficient (Wildman–Crippen LogP) is 11.3. The van der Waals surface area contributed by atoms with Gasteiger partial charge in [-0.15, -0.1) is 0 Å². The molecule has 0 fully saturated rings. The van der Waals surface area contributed by atoms with Gasteiger partial charge >= 0.3 is 0 Å². The molecular formula is C43H87N2O6P. The van der Waals surface area contributed by atoms with E-state index in [1.807, 2.05) is 21.1 Å². The highest BCUT2D eigenvalue weighted by atomic mass is 31.2. The van der Waals surface area contributed by atoms with E-state index in [-0.39, 0.29) is 19.1 Å². The molecule has 0 aliphatic rings. The minimum absolute atomic E-state index is 0.0123. The molecule has 3 atom stereocenters. The first kappa shape index (κ1) is 51.2. The van der Waals surface area contributed by atoms with Crippen LogP contribution in [0.1, 0.15) is 206 Å². The molecule has 52 heavy (non-hydrogen) atoms. The lowest BCUT2D eigenvalue weighted by atomic mass is 10.0. The number of unbranched alkanes of at least 4 members (excludes halogenated alkanes) is 25. The van der Waals surface area contributed by atoms with Crippen molar-refractivity contribution in [1.29, 1.82) is 0 Å². The SMILES string of the molecule is CCCCC/C=C\CCCCCCCC(=O)NC(COP(=O)([O-])OCC[N+](C)(C)C)C(O)CCCCCCCCCCCCCCCCCCCC.